The molecule has 0 bridgehead atoms. The zero-order chi connectivity index (χ0) is 8.27. The highest BCUT2D eigenvalue weighted by molar-refractivity contribution is 14.1. The van der Waals surface area contributed by atoms with Crippen LogP contribution in [-0.4, -0.2) is 5.11 Å². The maximum atomic E-state index is 9.25. The summed E-state index contributed by atoms with van der Waals surface area (Å²) >= 11 is 2.08. The summed E-state index contributed by atoms with van der Waals surface area (Å²) in [6.45, 7) is 0.576. The lowest BCUT2D eigenvalue weighted by molar-refractivity contribution is 0.470. The molecule has 0 amide bonds. The first kappa shape index (κ1) is 8.76. The number of nitrogens with one attached hydrogen (secondary N) is 1. The summed E-state index contributed by atoms with van der Waals surface area (Å²) in [7, 11) is 0. The summed E-state index contributed by atoms with van der Waals surface area (Å²) in [5.74, 6) is 5.45. The molecule has 0 saturated heterocycles. The average molecular weight is 264 g/mol. The van der Waals surface area contributed by atoms with Gasteiger partial charge in [0.25, 0.3) is 0 Å². The number of rotatable bonds is 2. The van der Waals surface area contributed by atoms with Crippen molar-refractivity contribution in [3.8, 4) is 5.75 Å². The van der Waals surface area contributed by atoms with Crippen molar-refractivity contribution in [3.63, 3.8) is 0 Å². The number of phenols is 1. The van der Waals surface area contributed by atoms with E-state index >= 15 is 0 Å². The predicted octanol–water partition coefficient (Wildman–Crippen LogP) is 0.960. The summed E-state index contributed by atoms with van der Waals surface area (Å²) in [6, 6.07) is 5.37. The quantitative estimate of drug-likeness (QED) is 0.423. The van der Waals surface area contributed by atoms with Gasteiger partial charge in [-0.25, -0.2) is 0 Å². The third-order valence-corrected chi connectivity index (χ3v) is 2.60. The maximum Gasteiger partial charge on any atom is 0.129 e. The topological polar surface area (TPSA) is 58.3 Å². The van der Waals surface area contributed by atoms with Gasteiger partial charge in [0.2, 0.25) is 0 Å². The van der Waals surface area contributed by atoms with Gasteiger partial charge in [0.15, 0.2) is 0 Å². The van der Waals surface area contributed by atoms with Gasteiger partial charge < -0.3 is 5.11 Å². The van der Waals surface area contributed by atoms with Crippen LogP contribution in [0.15, 0.2) is 18.2 Å². The molecular formula is C7H9IN2O. The third-order valence-electron chi connectivity index (χ3n) is 1.35. The van der Waals surface area contributed by atoms with Crippen LogP contribution in [0.4, 0.5) is 0 Å². The Balaban J connectivity index is 2.96. The van der Waals surface area contributed by atoms with Gasteiger partial charge in [-0.3, -0.25) is 11.3 Å². The summed E-state index contributed by atoms with van der Waals surface area (Å²) in [5, 5.41) is 9.25. The summed E-state index contributed by atoms with van der Waals surface area (Å²) < 4.78 is 0.850. The van der Waals surface area contributed by atoms with E-state index in [1.807, 2.05) is 6.07 Å². The molecule has 4 heteroatoms. The number of halogens is 1. The summed E-state index contributed by atoms with van der Waals surface area (Å²) in [4.78, 5) is 0. The van der Waals surface area contributed by atoms with Gasteiger partial charge in [0.05, 0.1) is 3.57 Å². The maximum absolute atomic E-state index is 9.25. The van der Waals surface area contributed by atoms with Crippen LogP contribution < -0.4 is 11.3 Å². The zero-order valence-electron chi connectivity index (χ0n) is 5.84. The Morgan fingerprint density at radius 3 is 2.91 bits per heavy atom. The number of aromatic hydroxyl groups is 1. The number of nitrogens with two attached hydrogens (primary N) is 1. The van der Waals surface area contributed by atoms with Crippen molar-refractivity contribution in [2.75, 3.05) is 0 Å². The summed E-state index contributed by atoms with van der Waals surface area (Å²) in [5.41, 5.74) is 3.54. The van der Waals surface area contributed by atoms with E-state index < -0.39 is 0 Å². The molecular weight excluding hydrogens is 255 g/mol. The van der Waals surface area contributed by atoms with Gasteiger partial charge in [-0.15, -0.1) is 0 Å². The molecule has 3 nitrogen and oxygen atoms in total. The second kappa shape index (κ2) is 3.89. The Morgan fingerprint density at radius 2 is 2.27 bits per heavy atom. The molecule has 0 aliphatic heterocycles. The van der Waals surface area contributed by atoms with Crippen LogP contribution in [0.2, 0.25) is 0 Å². The van der Waals surface area contributed by atoms with Gasteiger partial charge in [-0.1, -0.05) is 12.1 Å². The Labute approximate surface area is 78.7 Å². The van der Waals surface area contributed by atoms with Gasteiger partial charge in [0.1, 0.15) is 5.75 Å². The van der Waals surface area contributed by atoms with Crippen molar-refractivity contribution in [3.05, 3.63) is 27.3 Å². The molecule has 0 aliphatic carbocycles. The largest absolute Gasteiger partial charge is 0.507 e. The monoisotopic (exact) mass is 264 g/mol. The second-order valence-corrected chi connectivity index (χ2v) is 3.21. The fraction of sp³-hybridized carbons (Fsp3) is 0.143. The normalized spacial score (nSPS) is 10.0. The Morgan fingerprint density at radius 1 is 1.55 bits per heavy atom. The molecule has 60 valence electrons. The van der Waals surface area contributed by atoms with E-state index in [2.05, 4.69) is 28.0 Å². The molecule has 11 heavy (non-hydrogen) atoms. The SMILES string of the molecule is NNCc1cccc(O)c1I. The highest BCUT2D eigenvalue weighted by Crippen LogP contribution is 2.22. The van der Waals surface area contributed by atoms with Crippen LogP contribution in [-0.2, 0) is 6.54 Å². The minimum atomic E-state index is 0.304. The number of phenolic OH excluding ortho intramolecular Hbond substituents is 1. The minimum absolute atomic E-state index is 0.304. The van der Waals surface area contributed by atoms with E-state index in [1.54, 1.807) is 12.1 Å². The fourth-order valence-electron chi connectivity index (χ4n) is 0.813. The summed E-state index contributed by atoms with van der Waals surface area (Å²) in [6.07, 6.45) is 0. The van der Waals surface area contributed by atoms with Gasteiger partial charge >= 0.3 is 0 Å². The lowest BCUT2D eigenvalue weighted by Crippen LogP contribution is -2.21. The first-order valence-electron chi connectivity index (χ1n) is 3.15. The van der Waals surface area contributed by atoms with E-state index in [1.165, 1.54) is 0 Å². The van der Waals surface area contributed by atoms with Crippen LogP contribution in [0, 0.1) is 3.57 Å². The smallest absolute Gasteiger partial charge is 0.129 e. The van der Waals surface area contributed by atoms with Crippen molar-refractivity contribution < 1.29 is 5.11 Å². The van der Waals surface area contributed by atoms with E-state index in [0.29, 0.717) is 12.3 Å². The lowest BCUT2D eigenvalue weighted by atomic mass is 10.2. The van der Waals surface area contributed by atoms with Gasteiger partial charge in [-0.05, 0) is 34.2 Å². The van der Waals surface area contributed by atoms with E-state index in [-0.39, 0.29) is 0 Å². The molecule has 0 heterocycles. The Hall–Kier alpha value is -0.330. The van der Waals surface area contributed by atoms with Crippen molar-refractivity contribution in [2.24, 2.45) is 5.84 Å². The van der Waals surface area contributed by atoms with Gasteiger partial charge in [0, 0.05) is 6.54 Å². The first-order valence-corrected chi connectivity index (χ1v) is 4.23. The molecule has 0 saturated carbocycles. The zero-order valence-corrected chi connectivity index (χ0v) is 8.00. The number of hydrazine groups is 1. The molecule has 0 aliphatic rings. The van der Waals surface area contributed by atoms with Crippen LogP contribution in [0.25, 0.3) is 0 Å². The Kier molecular flexibility index (Phi) is 3.10. The van der Waals surface area contributed by atoms with Crippen molar-refractivity contribution in [1.29, 1.82) is 0 Å². The van der Waals surface area contributed by atoms with Crippen molar-refractivity contribution in [2.45, 2.75) is 6.54 Å². The van der Waals surface area contributed by atoms with E-state index in [0.717, 1.165) is 9.13 Å². The second-order valence-electron chi connectivity index (χ2n) is 2.13. The number of hydrogen-bond donors (Lipinski definition) is 3. The Bertz CT molecular complexity index is 252. The fourth-order valence-corrected chi connectivity index (χ4v) is 1.36. The van der Waals surface area contributed by atoms with Crippen molar-refractivity contribution in [1.82, 2.24) is 5.43 Å². The number of hydrogen-bond acceptors (Lipinski definition) is 3. The third kappa shape index (κ3) is 2.05. The molecule has 0 radical (unpaired) electrons. The van der Waals surface area contributed by atoms with Crippen LogP contribution in [0.5, 0.6) is 5.75 Å². The van der Waals surface area contributed by atoms with Crippen LogP contribution in [0.1, 0.15) is 5.56 Å². The van der Waals surface area contributed by atoms with Crippen LogP contribution >= 0.6 is 22.6 Å². The molecule has 1 aromatic rings. The van der Waals surface area contributed by atoms with Crippen LogP contribution in [0.3, 0.4) is 0 Å². The standard InChI is InChI=1S/C7H9IN2O/c8-7-5(4-10-9)2-1-3-6(7)11/h1-3,10-11H,4,9H2. The molecule has 0 spiro atoms. The number of benzene rings is 1. The van der Waals surface area contributed by atoms with Gasteiger partial charge in [-0.2, -0.15) is 0 Å². The molecule has 0 atom stereocenters. The lowest BCUT2D eigenvalue weighted by Gasteiger charge is -2.03. The highest BCUT2D eigenvalue weighted by Gasteiger charge is 2.01. The van der Waals surface area contributed by atoms with E-state index in [9.17, 15) is 5.11 Å². The highest BCUT2D eigenvalue weighted by atomic mass is 127. The predicted molar refractivity (Wildman–Crippen MR) is 51.9 cm³/mol. The molecule has 0 unspecified atom stereocenters. The van der Waals surface area contributed by atoms with E-state index in [4.69, 9.17) is 5.84 Å². The molecule has 1 rings (SSSR count). The average Bonchev–Trinajstić information content (AvgIpc) is 1.99. The molecule has 0 fully saturated rings. The molecule has 4 N–H and O–H groups in total. The molecule has 1 aromatic carbocycles. The first-order chi connectivity index (χ1) is 5.25. The van der Waals surface area contributed by atoms with Crippen molar-refractivity contribution >= 4 is 22.6 Å². The molecule has 0 aromatic heterocycles. The minimum Gasteiger partial charge on any atom is -0.507 e.